The van der Waals surface area contributed by atoms with Gasteiger partial charge in [0, 0.05) is 45.5 Å². The van der Waals surface area contributed by atoms with E-state index in [4.69, 9.17) is 0 Å². The van der Waals surface area contributed by atoms with Crippen molar-refractivity contribution in [3.63, 3.8) is 0 Å². The van der Waals surface area contributed by atoms with Crippen LogP contribution in [0.2, 0.25) is 0 Å². The monoisotopic (exact) mass is 433 g/mol. The first-order valence-electron chi connectivity index (χ1n) is 8.43. The van der Waals surface area contributed by atoms with Gasteiger partial charge in [-0.3, -0.25) is 9.67 Å². The number of rotatable bonds is 6. The van der Waals surface area contributed by atoms with E-state index in [1.54, 1.807) is 0 Å². The van der Waals surface area contributed by atoms with Crippen LogP contribution < -0.4 is 5.32 Å². The minimum Gasteiger partial charge on any atom is -0.353 e. The van der Waals surface area contributed by atoms with Crippen molar-refractivity contribution in [2.75, 3.05) is 14.1 Å². The number of guanidine groups is 1. The van der Waals surface area contributed by atoms with Crippen LogP contribution in [0.1, 0.15) is 57.2 Å². The van der Waals surface area contributed by atoms with Gasteiger partial charge in [0.15, 0.2) is 5.96 Å². The van der Waals surface area contributed by atoms with Gasteiger partial charge in [-0.1, -0.05) is 27.2 Å². The molecule has 0 saturated heterocycles. The van der Waals surface area contributed by atoms with E-state index in [0.29, 0.717) is 12.0 Å². The van der Waals surface area contributed by atoms with Gasteiger partial charge in [0.2, 0.25) is 0 Å². The summed E-state index contributed by atoms with van der Waals surface area (Å²) in [5.74, 6) is 2.26. The molecule has 1 fully saturated rings. The van der Waals surface area contributed by atoms with Crippen LogP contribution in [0.5, 0.6) is 0 Å². The lowest BCUT2D eigenvalue weighted by molar-refractivity contribution is 0.469. The van der Waals surface area contributed by atoms with Crippen LogP contribution in [0, 0.1) is 5.92 Å². The van der Waals surface area contributed by atoms with E-state index in [1.165, 1.54) is 30.5 Å². The highest BCUT2D eigenvalue weighted by Crippen LogP contribution is 2.34. The minimum absolute atomic E-state index is 0. The van der Waals surface area contributed by atoms with Crippen LogP contribution in [0.4, 0.5) is 0 Å². The number of nitrogens with zero attached hydrogens (tertiary/aromatic N) is 4. The standard InChI is InChI=1S/C17H31N5.HI/c1-7-8-13-9-15(13)19-17(18-4)21(5)10-14-11-22(6)20-16(14)12(2)3;/h11-13,15H,7-10H2,1-6H3,(H,18,19);1H. The van der Waals surface area contributed by atoms with Crippen molar-refractivity contribution in [2.24, 2.45) is 18.0 Å². The van der Waals surface area contributed by atoms with Gasteiger partial charge in [-0.05, 0) is 24.7 Å². The Morgan fingerprint density at radius 2 is 2.22 bits per heavy atom. The summed E-state index contributed by atoms with van der Waals surface area (Å²) in [6.45, 7) is 7.48. The molecule has 0 amide bonds. The molecule has 0 spiro atoms. The zero-order valence-corrected chi connectivity index (χ0v) is 17.7. The fourth-order valence-corrected chi connectivity index (χ4v) is 3.12. The topological polar surface area (TPSA) is 45.5 Å². The first-order valence-corrected chi connectivity index (χ1v) is 8.43. The predicted octanol–water partition coefficient (Wildman–Crippen LogP) is 3.36. The maximum Gasteiger partial charge on any atom is 0.193 e. The van der Waals surface area contributed by atoms with Gasteiger partial charge in [0.25, 0.3) is 0 Å². The average molecular weight is 433 g/mol. The van der Waals surface area contributed by atoms with Crippen molar-refractivity contribution in [2.45, 2.75) is 58.5 Å². The molecule has 0 aromatic carbocycles. The molecule has 1 aliphatic carbocycles. The van der Waals surface area contributed by atoms with Crippen LogP contribution in [-0.2, 0) is 13.6 Å². The number of aliphatic imine (C=N–C) groups is 1. The maximum absolute atomic E-state index is 4.59. The van der Waals surface area contributed by atoms with Crippen molar-refractivity contribution < 1.29 is 0 Å². The largest absolute Gasteiger partial charge is 0.353 e. The Bertz CT molecular complexity index is 523. The number of aromatic nitrogens is 2. The molecule has 23 heavy (non-hydrogen) atoms. The second-order valence-corrected chi connectivity index (χ2v) is 6.81. The number of hydrogen-bond acceptors (Lipinski definition) is 2. The third-order valence-electron chi connectivity index (χ3n) is 4.36. The van der Waals surface area contributed by atoms with Gasteiger partial charge < -0.3 is 10.2 Å². The molecule has 2 unspecified atom stereocenters. The molecule has 1 aliphatic rings. The van der Waals surface area contributed by atoms with Gasteiger partial charge in [-0.25, -0.2) is 0 Å². The van der Waals surface area contributed by atoms with Crippen molar-refractivity contribution in [1.82, 2.24) is 20.0 Å². The van der Waals surface area contributed by atoms with Crippen molar-refractivity contribution in [1.29, 1.82) is 0 Å². The summed E-state index contributed by atoms with van der Waals surface area (Å²) < 4.78 is 1.91. The summed E-state index contributed by atoms with van der Waals surface area (Å²) in [5.41, 5.74) is 2.46. The van der Waals surface area contributed by atoms with Crippen LogP contribution in [0.3, 0.4) is 0 Å². The van der Waals surface area contributed by atoms with E-state index in [-0.39, 0.29) is 24.0 Å². The lowest BCUT2D eigenvalue weighted by atomic mass is 10.1. The second-order valence-electron chi connectivity index (χ2n) is 6.81. The van der Waals surface area contributed by atoms with E-state index in [1.807, 2.05) is 18.8 Å². The zero-order valence-electron chi connectivity index (χ0n) is 15.3. The molecule has 2 rings (SSSR count). The molecule has 1 N–H and O–H groups in total. The van der Waals surface area contributed by atoms with Gasteiger partial charge >= 0.3 is 0 Å². The molecule has 6 heteroatoms. The molecule has 0 aliphatic heterocycles. The summed E-state index contributed by atoms with van der Waals surface area (Å²) in [4.78, 5) is 6.64. The molecule has 0 bridgehead atoms. The Morgan fingerprint density at radius 1 is 1.52 bits per heavy atom. The molecular weight excluding hydrogens is 401 g/mol. The lowest BCUT2D eigenvalue weighted by Gasteiger charge is -2.22. The van der Waals surface area contributed by atoms with Crippen LogP contribution in [-0.4, -0.2) is 40.8 Å². The SMILES string of the molecule is CCCC1CC1NC(=NC)N(C)Cc1cn(C)nc1C(C)C.I. The Morgan fingerprint density at radius 3 is 2.78 bits per heavy atom. The maximum atomic E-state index is 4.59. The number of halogens is 1. The Hall–Kier alpha value is -0.790. The highest BCUT2D eigenvalue weighted by atomic mass is 127. The summed E-state index contributed by atoms with van der Waals surface area (Å²) in [6, 6.07) is 0.611. The molecule has 1 aromatic heterocycles. The van der Waals surface area contributed by atoms with Crippen molar-refractivity contribution >= 4 is 29.9 Å². The highest BCUT2D eigenvalue weighted by Gasteiger charge is 2.37. The predicted molar refractivity (Wildman–Crippen MR) is 107 cm³/mol. The first kappa shape index (κ1) is 20.3. The van der Waals surface area contributed by atoms with E-state index >= 15 is 0 Å². The normalized spacial score (nSPS) is 20.4. The third-order valence-corrected chi connectivity index (χ3v) is 4.36. The van der Waals surface area contributed by atoms with Crippen LogP contribution in [0.15, 0.2) is 11.2 Å². The molecule has 1 heterocycles. The molecular formula is C17H32IN5. The van der Waals surface area contributed by atoms with Crippen molar-refractivity contribution in [3.05, 3.63) is 17.5 Å². The smallest absolute Gasteiger partial charge is 0.193 e. The fourth-order valence-electron chi connectivity index (χ4n) is 3.12. The Balaban J connectivity index is 0.00000264. The van der Waals surface area contributed by atoms with Gasteiger partial charge in [0.05, 0.1) is 5.69 Å². The van der Waals surface area contributed by atoms with E-state index in [9.17, 15) is 0 Å². The van der Waals surface area contributed by atoms with E-state index in [0.717, 1.165) is 18.4 Å². The van der Waals surface area contributed by atoms with Crippen LogP contribution >= 0.6 is 24.0 Å². The average Bonchev–Trinajstić information content (AvgIpc) is 3.08. The molecule has 1 aromatic rings. The number of aryl methyl sites for hydroxylation is 1. The molecule has 5 nitrogen and oxygen atoms in total. The summed E-state index contributed by atoms with van der Waals surface area (Å²) >= 11 is 0. The molecule has 2 atom stereocenters. The number of nitrogens with one attached hydrogen (secondary N) is 1. The van der Waals surface area contributed by atoms with E-state index < -0.39 is 0 Å². The van der Waals surface area contributed by atoms with Crippen molar-refractivity contribution in [3.8, 4) is 0 Å². The third kappa shape index (κ3) is 5.36. The number of hydrogen-bond donors (Lipinski definition) is 1. The van der Waals surface area contributed by atoms with E-state index in [2.05, 4.69) is 54.3 Å². The molecule has 0 radical (unpaired) electrons. The Labute approximate surface area is 157 Å². The summed E-state index contributed by atoms with van der Waals surface area (Å²) in [5, 5.41) is 8.19. The summed E-state index contributed by atoms with van der Waals surface area (Å²) in [6.07, 6.45) is 5.99. The lowest BCUT2D eigenvalue weighted by Crippen LogP contribution is -2.40. The molecule has 132 valence electrons. The van der Waals surface area contributed by atoms with Gasteiger partial charge in [-0.15, -0.1) is 24.0 Å². The minimum atomic E-state index is 0. The second kappa shape index (κ2) is 8.89. The highest BCUT2D eigenvalue weighted by molar-refractivity contribution is 14.0. The van der Waals surface area contributed by atoms with Gasteiger partial charge in [0.1, 0.15) is 0 Å². The first-order chi connectivity index (χ1) is 10.5. The Kier molecular flexibility index (Phi) is 7.83. The molecule has 1 saturated carbocycles. The quantitative estimate of drug-likeness (QED) is 0.425. The van der Waals surface area contributed by atoms with Gasteiger partial charge in [-0.2, -0.15) is 5.10 Å². The summed E-state index contributed by atoms with van der Waals surface area (Å²) in [7, 11) is 5.95. The van der Waals surface area contributed by atoms with Crippen LogP contribution in [0.25, 0.3) is 0 Å². The fraction of sp³-hybridized carbons (Fsp3) is 0.765. The zero-order chi connectivity index (χ0) is 16.3.